The number of para-hydroxylation sites is 1. The third kappa shape index (κ3) is 4.48. The summed E-state index contributed by atoms with van der Waals surface area (Å²) in [5, 5.41) is 6.98. The summed E-state index contributed by atoms with van der Waals surface area (Å²) in [6, 6.07) is 9.26. The average Bonchev–Trinajstić information content (AvgIpc) is 3.21. The minimum atomic E-state index is -0.261. The van der Waals surface area contributed by atoms with Crippen LogP contribution in [0.4, 0.5) is 11.6 Å². The quantitative estimate of drug-likeness (QED) is 0.578. The molecular weight excluding hydrogens is 382 g/mol. The van der Waals surface area contributed by atoms with Crippen LogP contribution in [0.3, 0.4) is 0 Å². The van der Waals surface area contributed by atoms with E-state index in [4.69, 9.17) is 9.15 Å². The summed E-state index contributed by atoms with van der Waals surface area (Å²) in [7, 11) is 1.58. The Balaban J connectivity index is 1.33. The second-order valence-corrected chi connectivity index (χ2v) is 7.38. The van der Waals surface area contributed by atoms with E-state index in [0.29, 0.717) is 24.4 Å². The number of rotatable bonds is 7. The summed E-state index contributed by atoms with van der Waals surface area (Å²) >= 11 is 0. The minimum Gasteiger partial charge on any atom is -0.493 e. The van der Waals surface area contributed by atoms with E-state index in [-0.39, 0.29) is 11.7 Å². The SMILES string of the molecule is COc1cccc2cc(C(=O)NCCNc3cc(N4CCCCC4)nc(C)n3)oc12. The molecule has 1 saturated heterocycles. The standard InChI is InChI=1S/C22H27N5O3/c1-15-25-19(14-20(26-15)27-11-4-3-5-12-27)23-9-10-24-22(28)18-13-16-7-6-8-17(29-2)21(16)30-18/h6-8,13-14H,3-5,9-12H2,1-2H3,(H,24,28)(H,23,25,26). The van der Waals surface area contributed by atoms with Crippen molar-refractivity contribution in [2.45, 2.75) is 26.2 Å². The van der Waals surface area contributed by atoms with E-state index < -0.39 is 0 Å². The number of carbonyl (C=O) groups is 1. The molecule has 2 aromatic heterocycles. The van der Waals surface area contributed by atoms with Gasteiger partial charge in [-0.2, -0.15) is 0 Å². The van der Waals surface area contributed by atoms with Gasteiger partial charge in [0.05, 0.1) is 7.11 Å². The van der Waals surface area contributed by atoms with Crippen molar-refractivity contribution in [1.82, 2.24) is 15.3 Å². The number of hydrogen-bond acceptors (Lipinski definition) is 7. The number of methoxy groups -OCH3 is 1. The normalized spacial score (nSPS) is 14.0. The van der Waals surface area contributed by atoms with Crippen LogP contribution in [-0.2, 0) is 0 Å². The maximum absolute atomic E-state index is 12.4. The van der Waals surface area contributed by atoms with Gasteiger partial charge < -0.3 is 24.7 Å². The molecule has 0 aliphatic carbocycles. The number of benzene rings is 1. The van der Waals surface area contributed by atoms with Crippen molar-refractivity contribution in [3.8, 4) is 5.75 Å². The summed E-state index contributed by atoms with van der Waals surface area (Å²) in [6.07, 6.45) is 3.68. The lowest BCUT2D eigenvalue weighted by atomic mass is 10.1. The van der Waals surface area contributed by atoms with Crippen LogP contribution in [0.2, 0.25) is 0 Å². The van der Waals surface area contributed by atoms with Crippen LogP contribution in [0.25, 0.3) is 11.0 Å². The van der Waals surface area contributed by atoms with Gasteiger partial charge in [-0.1, -0.05) is 12.1 Å². The van der Waals surface area contributed by atoms with E-state index in [1.165, 1.54) is 19.3 Å². The van der Waals surface area contributed by atoms with Gasteiger partial charge in [-0.15, -0.1) is 0 Å². The number of furan rings is 1. The summed E-state index contributed by atoms with van der Waals surface area (Å²) in [5.41, 5.74) is 0.574. The van der Waals surface area contributed by atoms with Gasteiger partial charge in [-0.3, -0.25) is 4.79 Å². The van der Waals surface area contributed by atoms with Crippen LogP contribution in [0.5, 0.6) is 5.75 Å². The summed E-state index contributed by atoms with van der Waals surface area (Å²) in [5.74, 6) is 3.08. The van der Waals surface area contributed by atoms with Gasteiger partial charge in [0.1, 0.15) is 17.5 Å². The highest BCUT2D eigenvalue weighted by Gasteiger charge is 2.15. The van der Waals surface area contributed by atoms with Crippen LogP contribution in [0, 0.1) is 6.92 Å². The van der Waals surface area contributed by atoms with Crippen molar-refractivity contribution in [1.29, 1.82) is 0 Å². The van der Waals surface area contributed by atoms with E-state index in [2.05, 4.69) is 25.5 Å². The molecule has 1 aliphatic rings. The minimum absolute atomic E-state index is 0.261. The molecule has 158 valence electrons. The lowest BCUT2D eigenvalue weighted by Crippen LogP contribution is -2.31. The molecule has 1 aliphatic heterocycles. The molecule has 0 spiro atoms. The number of hydrogen-bond donors (Lipinski definition) is 2. The fourth-order valence-electron chi connectivity index (χ4n) is 3.69. The number of nitrogens with zero attached hydrogens (tertiary/aromatic N) is 3. The van der Waals surface area contributed by atoms with Gasteiger partial charge in [0.25, 0.3) is 5.91 Å². The number of amides is 1. The Morgan fingerprint density at radius 2 is 2.00 bits per heavy atom. The molecule has 3 aromatic rings. The Hall–Kier alpha value is -3.29. The van der Waals surface area contributed by atoms with Gasteiger partial charge in [0, 0.05) is 37.6 Å². The van der Waals surface area contributed by atoms with Crippen molar-refractivity contribution < 1.29 is 13.9 Å². The van der Waals surface area contributed by atoms with Gasteiger partial charge >= 0.3 is 0 Å². The second-order valence-electron chi connectivity index (χ2n) is 7.38. The maximum atomic E-state index is 12.4. The van der Waals surface area contributed by atoms with Gasteiger partial charge in [-0.05, 0) is 38.3 Å². The van der Waals surface area contributed by atoms with E-state index >= 15 is 0 Å². The Morgan fingerprint density at radius 3 is 2.80 bits per heavy atom. The van der Waals surface area contributed by atoms with E-state index in [1.807, 2.05) is 25.1 Å². The van der Waals surface area contributed by atoms with Crippen molar-refractivity contribution in [3.05, 3.63) is 41.9 Å². The topological polar surface area (TPSA) is 92.5 Å². The first-order chi connectivity index (χ1) is 14.6. The zero-order valence-corrected chi connectivity index (χ0v) is 17.4. The fourth-order valence-corrected chi connectivity index (χ4v) is 3.69. The molecular formula is C22H27N5O3. The molecule has 2 N–H and O–H groups in total. The third-order valence-electron chi connectivity index (χ3n) is 5.17. The number of fused-ring (bicyclic) bond motifs is 1. The molecule has 1 amide bonds. The molecule has 1 aromatic carbocycles. The number of nitrogens with one attached hydrogen (secondary N) is 2. The molecule has 0 saturated carbocycles. The number of anilines is 2. The van der Waals surface area contributed by atoms with Crippen molar-refractivity contribution in [3.63, 3.8) is 0 Å². The molecule has 0 radical (unpaired) electrons. The van der Waals surface area contributed by atoms with E-state index in [9.17, 15) is 4.79 Å². The van der Waals surface area contributed by atoms with Crippen LogP contribution >= 0.6 is 0 Å². The lowest BCUT2D eigenvalue weighted by Gasteiger charge is -2.28. The molecule has 4 rings (SSSR count). The van der Waals surface area contributed by atoms with E-state index in [1.54, 1.807) is 19.2 Å². The first-order valence-electron chi connectivity index (χ1n) is 10.3. The Kier molecular flexibility index (Phi) is 6.02. The Bertz CT molecular complexity index is 1030. The number of piperidine rings is 1. The zero-order valence-electron chi connectivity index (χ0n) is 17.4. The summed E-state index contributed by atoms with van der Waals surface area (Å²) < 4.78 is 11.0. The maximum Gasteiger partial charge on any atom is 0.287 e. The molecule has 0 bridgehead atoms. The van der Waals surface area contributed by atoms with Crippen molar-refractivity contribution in [2.24, 2.45) is 0 Å². The summed E-state index contributed by atoms with van der Waals surface area (Å²) in [4.78, 5) is 23.8. The molecule has 30 heavy (non-hydrogen) atoms. The number of aryl methyl sites for hydroxylation is 1. The third-order valence-corrected chi connectivity index (χ3v) is 5.17. The monoisotopic (exact) mass is 409 g/mol. The molecule has 0 atom stereocenters. The molecule has 8 heteroatoms. The number of aromatic nitrogens is 2. The van der Waals surface area contributed by atoms with Gasteiger partial charge in [0.2, 0.25) is 0 Å². The van der Waals surface area contributed by atoms with Crippen molar-refractivity contribution in [2.75, 3.05) is 43.5 Å². The largest absolute Gasteiger partial charge is 0.493 e. The predicted octanol–water partition coefficient (Wildman–Crippen LogP) is 3.37. The van der Waals surface area contributed by atoms with Gasteiger partial charge in [-0.25, -0.2) is 9.97 Å². The van der Waals surface area contributed by atoms with Crippen LogP contribution < -0.4 is 20.3 Å². The van der Waals surface area contributed by atoms with Gasteiger partial charge in [0.15, 0.2) is 17.1 Å². The average molecular weight is 409 g/mol. The number of carbonyl (C=O) groups excluding carboxylic acids is 1. The summed E-state index contributed by atoms with van der Waals surface area (Å²) in [6.45, 7) is 4.96. The van der Waals surface area contributed by atoms with E-state index in [0.717, 1.165) is 35.9 Å². The van der Waals surface area contributed by atoms with Crippen molar-refractivity contribution >= 4 is 28.5 Å². The van der Waals surface area contributed by atoms with Crippen LogP contribution in [-0.4, -0.2) is 49.2 Å². The highest BCUT2D eigenvalue weighted by molar-refractivity contribution is 5.97. The van der Waals surface area contributed by atoms with Crippen LogP contribution in [0.15, 0.2) is 34.7 Å². The first-order valence-corrected chi connectivity index (χ1v) is 10.3. The predicted molar refractivity (Wildman–Crippen MR) is 116 cm³/mol. The highest BCUT2D eigenvalue weighted by atomic mass is 16.5. The lowest BCUT2D eigenvalue weighted by molar-refractivity contribution is 0.0929. The highest BCUT2D eigenvalue weighted by Crippen LogP contribution is 2.28. The second kappa shape index (κ2) is 9.02. The Labute approximate surface area is 175 Å². The number of ether oxygens (including phenoxy) is 1. The zero-order chi connectivity index (χ0) is 20.9. The molecule has 8 nitrogen and oxygen atoms in total. The fraction of sp³-hybridized carbons (Fsp3) is 0.409. The molecule has 0 unspecified atom stereocenters. The first kappa shape index (κ1) is 20.0. The molecule has 1 fully saturated rings. The Morgan fingerprint density at radius 1 is 1.17 bits per heavy atom. The van der Waals surface area contributed by atoms with Crippen LogP contribution in [0.1, 0.15) is 35.6 Å². The molecule has 3 heterocycles. The smallest absolute Gasteiger partial charge is 0.287 e.